The quantitative estimate of drug-likeness (QED) is 0.838. The predicted octanol–water partition coefficient (Wildman–Crippen LogP) is 3.52. The van der Waals surface area contributed by atoms with Crippen LogP contribution in [0.5, 0.6) is 0 Å². The summed E-state index contributed by atoms with van der Waals surface area (Å²) in [6, 6.07) is 1.36. The molecule has 2 nitrogen and oxygen atoms in total. The van der Waals surface area contributed by atoms with Crippen molar-refractivity contribution in [1.82, 2.24) is 10.2 Å². The van der Waals surface area contributed by atoms with Gasteiger partial charge in [-0.15, -0.1) is 12.4 Å². The molecule has 0 aromatic heterocycles. The third kappa shape index (κ3) is 4.11. The zero-order valence-corrected chi connectivity index (χ0v) is 13.4. The van der Waals surface area contributed by atoms with Gasteiger partial charge >= 0.3 is 0 Å². The zero-order valence-electron chi connectivity index (χ0n) is 12.5. The van der Waals surface area contributed by atoms with Crippen LogP contribution in [0.25, 0.3) is 0 Å². The van der Waals surface area contributed by atoms with E-state index in [9.17, 15) is 13.2 Å². The summed E-state index contributed by atoms with van der Waals surface area (Å²) in [6.07, 6.45) is 0. The van der Waals surface area contributed by atoms with Crippen LogP contribution in [0.15, 0.2) is 12.1 Å². The number of rotatable bonds is 2. The molecule has 0 spiro atoms. The number of hydrogen-bond donors (Lipinski definition) is 1. The van der Waals surface area contributed by atoms with Gasteiger partial charge in [0.05, 0.1) is 0 Å². The molecule has 0 amide bonds. The Morgan fingerprint density at radius 2 is 1.67 bits per heavy atom. The minimum absolute atomic E-state index is 0. The van der Waals surface area contributed by atoms with Crippen molar-refractivity contribution in [1.29, 1.82) is 0 Å². The Balaban J connectivity index is 0.00000220. The smallest absolute Gasteiger partial charge is 0.163 e. The molecular weight excluding hydrogens is 301 g/mol. The van der Waals surface area contributed by atoms with Crippen molar-refractivity contribution in [2.75, 3.05) is 26.2 Å². The highest BCUT2D eigenvalue weighted by Gasteiger charge is 2.35. The predicted molar refractivity (Wildman–Crippen MR) is 80.2 cm³/mol. The van der Waals surface area contributed by atoms with Crippen LogP contribution in [-0.2, 0) is 0 Å². The van der Waals surface area contributed by atoms with Crippen molar-refractivity contribution in [2.24, 2.45) is 5.41 Å². The number of halogens is 4. The van der Waals surface area contributed by atoms with E-state index in [1.54, 1.807) is 0 Å². The SMILES string of the molecule is CC(C)(C)[C@@H](c1cc(F)cc(F)c1F)N1CCNCC1.Cl. The second kappa shape index (κ2) is 6.99. The zero-order chi connectivity index (χ0) is 14.9. The highest BCUT2D eigenvalue weighted by Crippen LogP contribution is 2.39. The van der Waals surface area contributed by atoms with E-state index in [1.165, 1.54) is 0 Å². The van der Waals surface area contributed by atoms with Crippen molar-refractivity contribution >= 4 is 12.4 Å². The Hall–Kier alpha value is -0.780. The van der Waals surface area contributed by atoms with Crippen LogP contribution in [0.2, 0.25) is 0 Å². The summed E-state index contributed by atoms with van der Waals surface area (Å²) in [5.74, 6) is -2.79. The van der Waals surface area contributed by atoms with Crippen molar-refractivity contribution in [3.8, 4) is 0 Å². The number of benzene rings is 1. The van der Waals surface area contributed by atoms with Crippen molar-refractivity contribution < 1.29 is 13.2 Å². The lowest BCUT2D eigenvalue weighted by atomic mass is 9.80. The molecule has 0 saturated carbocycles. The van der Waals surface area contributed by atoms with E-state index in [4.69, 9.17) is 0 Å². The molecule has 1 aromatic carbocycles. The second-order valence-electron chi connectivity index (χ2n) is 6.35. The highest BCUT2D eigenvalue weighted by atomic mass is 35.5. The molecule has 1 N–H and O–H groups in total. The Bertz CT molecular complexity index is 483. The molecular formula is C15H22ClF3N2. The molecule has 21 heavy (non-hydrogen) atoms. The lowest BCUT2D eigenvalue weighted by Gasteiger charge is -2.42. The van der Waals surface area contributed by atoms with Gasteiger partial charge in [-0.25, -0.2) is 13.2 Å². The molecule has 1 fully saturated rings. The van der Waals surface area contributed by atoms with Crippen molar-refractivity contribution in [2.45, 2.75) is 26.8 Å². The van der Waals surface area contributed by atoms with Crippen LogP contribution in [0, 0.1) is 22.9 Å². The lowest BCUT2D eigenvalue weighted by Crippen LogP contribution is -2.48. The molecule has 0 bridgehead atoms. The van der Waals surface area contributed by atoms with Gasteiger partial charge in [-0.3, -0.25) is 4.90 Å². The van der Waals surface area contributed by atoms with Crippen molar-refractivity contribution in [3.05, 3.63) is 35.1 Å². The first-order chi connectivity index (χ1) is 9.30. The monoisotopic (exact) mass is 322 g/mol. The van der Waals surface area contributed by atoms with Crippen LogP contribution in [0.3, 0.4) is 0 Å². The van der Waals surface area contributed by atoms with Crippen molar-refractivity contribution in [3.63, 3.8) is 0 Å². The Morgan fingerprint density at radius 3 is 2.19 bits per heavy atom. The largest absolute Gasteiger partial charge is 0.314 e. The van der Waals surface area contributed by atoms with Gasteiger partial charge in [0.2, 0.25) is 0 Å². The van der Waals surface area contributed by atoms with E-state index >= 15 is 0 Å². The molecule has 0 unspecified atom stereocenters. The van der Waals surface area contributed by atoms with Crippen LogP contribution < -0.4 is 5.32 Å². The molecule has 1 atom stereocenters. The van der Waals surface area contributed by atoms with Gasteiger partial charge in [-0.1, -0.05) is 20.8 Å². The fourth-order valence-corrected chi connectivity index (χ4v) is 2.93. The number of nitrogens with one attached hydrogen (secondary N) is 1. The fourth-order valence-electron chi connectivity index (χ4n) is 2.93. The maximum Gasteiger partial charge on any atom is 0.163 e. The first-order valence-corrected chi connectivity index (χ1v) is 6.90. The molecule has 0 aliphatic carbocycles. The third-order valence-electron chi connectivity index (χ3n) is 3.65. The Kier molecular flexibility index (Phi) is 6.08. The van der Waals surface area contributed by atoms with E-state index in [1.807, 2.05) is 20.8 Å². The molecule has 1 aromatic rings. The van der Waals surface area contributed by atoms with E-state index in [0.29, 0.717) is 6.07 Å². The maximum absolute atomic E-state index is 14.1. The molecule has 120 valence electrons. The fraction of sp³-hybridized carbons (Fsp3) is 0.600. The van der Waals surface area contributed by atoms with Crippen LogP contribution in [0.4, 0.5) is 13.2 Å². The van der Waals surface area contributed by atoms with E-state index < -0.39 is 17.5 Å². The minimum atomic E-state index is -1.12. The number of nitrogens with zero attached hydrogens (tertiary/aromatic N) is 1. The number of hydrogen-bond acceptors (Lipinski definition) is 2. The van der Waals surface area contributed by atoms with E-state index in [2.05, 4.69) is 10.2 Å². The molecule has 6 heteroatoms. The molecule has 2 rings (SSSR count). The topological polar surface area (TPSA) is 15.3 Å². The number of piperazine rings is 1. The average Bonchev–Trinajstić information content (AvgIpc) is 2.35. The van der Waals surface area contributed by atoms with Gasteiger partial charge in [0.1, 0.15) is 5.82 Å². The molecule has 0 radical (unpaired) electrons. The molecule has 1 heterocycles. The normalized spacial score (nSPS) is 18.2. The van der Waals surface area contributed by atoms with Crippen LogP contribution in [0.1, 0.15) is 32.4 Å². The average molecular weight is 323 g/mol. The summed E-state index contributed by atoms with van der Waals surface area (Å²) >= 11 is 0. The second-order valence-corrected chi connectivity index (χ2v) is 6.35. The van der Waals surface area contributed by atoms with Gasteiger partial charge in [0.25, 0.3) is 0 Å². The minimum Gasteiger partial charge on any atom is -0.314 e. The summed E-state index contributed by atoms with van der Waals surface area (Å²) in [5.41, 5.74) is -0.213. The summed E-state index contributed by atoms with van der Waals surface area (Å²) in [7, 11) is 0. The highest BCUT2D eigenvalue weighted by molar-refractivity contribution is 5.85. The summed E-state index contributed by atoms with van der Waals surface area (Å²) in [6.45, 7) is 8.95. The summed E-state index contributed by atoms with van der Waals surface area (Å²) < 4.78 is 41.1. The Labute approximate surface area is 130 Å². The first-order valence-electron chi connectivity index (χ1n) is 6.90. The summed E-state index contributed by atoms with van der Waals surface area (Å²) in [5, 5.41) is 3.23. The van der Waals surface area contributed by atoms with Gasteiger partial charge in [-0.05, 0) is 11.5 Å². The van der Waals surface area contributed by atoms with Gasteiger partial charge in [-0.2, -0.15) is 0 Å². The van der Waals surface area contributed by atoms with E-state index in [-0.39, 0.29) is 29.4 Å². The molecule has 1 aliphatic rings. The molecule has 1 aliphatic heterocycles. The van der Waals surface area contributed by atoms with Gasteiger partial charge < -0.3 is 5.32 Å². The molecule has 1 saturated heterocycles. The van der Waals surface area contributed by atoms with Gasteiger partial charge in [0.15, 0.2) is 11.6 Å². The third-order valence-corrected chi connectivity index (χ3v) is 3.65. The van der Waals surface area contributed by atoms with E-state index in [0.717, 1.165) is 32.2 Å². The first kappa shape index (κ1) is 18.3. The summed E-state index contributed by atoms with van der Waals surface area (Å²) in [4.78, 5) is 2.09. The standard InChI is InChI=1S/C15H21F3N2.ClH/c1-15(2,3)14(20-6-4-19-5-7-20)11-8-10(16)9-12(17)13(11)18;/h8-9,14,19H,4-7H2,1-3H3;1H/t14-;/m1./s1. The van der Waals surface area contributed by atoms with Gasteiger partial charge in [0, 0.05) is 43.9 Å². The maximum atomic E-state index is 14.1. The van der Waals surface area contributed by atoms with Crippen LogP contribution in [-0.4, -0.2) is 31.1 Å². The Morgan fingerprint density at radius 1 is 1.10 bits per heavy atom. The van der Waals surface area contributed by atoms with Crippen LogP contribution >= 0.6 is 12.4 Å². The lowest BCUT2D eigenvalue weighted by molar-refractivity contribution is 0.0826.